The predicted molar refractivity (Wildman–Crippen MR) is 97.4 cm³/mol. The van der Waals surface area contributed by atoms with Crippen molar-refractivity contribution in [1.82, 2.24) is 5.32 Å². The summed E-state index contributed by atoms with van der Waals surface area (Å²) in [5.74, 6) is 1.06. The first-order valence-electron chi connectivity index (χ1n) is 8.12. The van der Waals surface area contributed by atoms with E-state index in [-0.39, 0.29) is 11.9 Å². The second kappa shape index (κ2) is 7.66. The molecule has 0 saturated carbocycles. The number of rotatable bonds is 5. The van der Waals surface area contributed by atoms with Gasteiger partial charge in [0.2, 0.25) is 0 Å². The zero-order chi connectivity index (χ0) is 16.1. The van der Waals surface area contributed by atoms with Crippen molar-refractivity contribution in [2.75, 3.05) is 23.7 Å². The number of carbonyl (C=O) groups excluding carboxylic acids is 1. The summed E-state index contributed by atoms with van der Waals surface area (Å²) in [5.41, 5.74) is 1.78. The first kappa shape index (κ1) is 16.1. The van der Waals surface area contributed by atoms with Gasteiger partial charge in [-0.2, -0.15) is 0 Å². The van der Waals surface area contributed by atoms with Gasteiger partial charge in [-0.05, 0) is 43.0 Å². The van der Waals surface area contributed by atoms with Gasteiger partial charge in [0.1, 0.15) is 0 Å². The molecule has 1 aliphatic heterocycles. The van der Waals surface area contributed by atoms with Crippen LogP contribution in [-0.2, 0) is 0 Å². The van der Waals surface area contributed by atoms with Gasteiger partial charge in [-0.3, -0.25) is 4.79 Å². The maximum Gasteiger partial charge on any atom is 0.259 e. The van der Waals surface area contributed by atoms with Crippen LogP contribution in [0.15, 0.2) is 59.5 Å². The molecule has 1 N–H and O–H groups in total. The molecule has 1 amide bonds. The smallest absolute Gasteiger partial charge is 0.259 e. The first-order valence-corrected chi connectivity index (χ1v) is 9.11. The van der Waals surface area contributed by atoms with Crippen LogP contribution in [0, 0.1) is 0 Å². The van der Waals surface area contributed by atoms with Crippen LogP contribution in [0.3, 0.4) is 0 Å². The molecule has 0 bridgehead atoms. The van der Waals surface area contributed by atoms with Crippen LogP contribution < -0.4 is 10.2 Å². The molecule has 23 heavy (non-hydrogen) atoms. The largest absolute Gasteiger partial charge is 0.315 e. The highest BCUT2D eigenvalue weighted by Gasteiger charge is 2.29. The Bertz CT molecular complexity index is 653. The Hall–Kier alpha value is -1.78. The Morgan fingerprint density at radius 3 is 2.61 bits per heavy atom. The van der Waals surface area contributed by atoms with Crippen LogP contribution in [0.4, 0.5) is 5.69 Å². The van der Waals surface area contributed by atoms with Crippen LogP contribution in [-0.4, -0.2) is 30.8 Å². The molecule has 1 saturated heterocycles. The van der Waals surface area contributed by atoms with Crippen molar-refractivity contribution in [2.45, 2.75) is 24.3 Å². The molecule has 0 spiro atoms. The summed E-state index contributed by atoms with van der Waals surface area (Å²) in [4.78, 5) is 16.3. The summed E-state index contributed by atoms with van der Waals surface area (Å²) >= 11 is 1.72. The molecule has 2 aromatic rings. The Morgan fingerprint density at radius 2 is 1.91 bits per heavy atom. The molecule has 3 rings (SSSR count). The van der Waals surface area contributed by atoms with Crippen LogP contribution in [0.5, 0.6) is 0 Å². The molecular formula is C19H22N2OS. The van der Waals surface area contributed by atoms with Crippen molar-refractivity contribution in [2.24, 2.45) is 0 Å². The Labute approximate surface area is 142 Å². The monoisotopic (exact) mass is 326 g/mol. The molecule has 1 unspecified atom stereocenters. The topological polar surface area (TPSA) is 32.3 Å². The lowest BCUT2D eigenvalue weighted by Gasteiger charge is -2.29. The van der Waals surface area contributed by atoms with E-state index >= 15 is 0 Å². The van der Waals surface area contributed by atoms with E-state index in [0.29, 0.717) is 0 Å². The van der Waals surface area contributed by atoms with Crippen LogP contribution in [0.2, 0.25) is 0 Å². The van der Waals surface area contributed by atoms with E-state index in [1.807, 2.05) is 59.5 Å². The van der Waals surface area contributed by atoms with Crippen molar-refractivity contribution in [3.63, 3.8) is 0 Å². The van der Waals surface area contributed by atoms with Crippen molar-refractivity contribution >= 4 is 23.4 Å². The fraction of sp³-hybridized carbons (Fsp3) is 0.316. The highest BCUT2D eigenvalue weighted by molar-refractivity contribution is 7.99. The average Bonchev–Trinajstić information content (AvgIpc) is 3.11. The third-order valence-electron chi connectivity index (χ3n) is 4.07. The fourth-order valence-corrected chi connectivity index (χ4v) is 3.79. The zero-order valence-corrected chi connectivity index (χ0v) is 14.2. The van der Waals surface area contributed by atoms with Crippen molar-refractivity contribution in [3.8, 4) is 0 Å². The van der Waals surface area contributed by atoms with E-state index in [2.05, 4.69) is 12.2 Å². The predicted octanol–water partition coefficient (Wildman–Crippen LogP) is 3.81. The number of benzene rings is 2. The maximum absolute atomic E-state index is 13.3. The van der Waals surface area contributed by atoms with E-state index in [9.17, 15) is 4.79 Å². The zero-order valence-electron chi connectivity index (χ0n) is 13.4. The molecule has 3 nitrogen and oxygen atoms in total. The lowest BCUT2D eigenvalue weighted by molar-refractivity contribution is 0.0975. The number of amides is 1. The molecule has 2 aromatic carbocycles. The molecule has 1 heterocycles. The second-order valence-corrected chi connectivity index (χ2v) is 6.89. The summed E-state index contributed by atoms with van der Waals surface area (Å²) in [5, 5.41) is 3.37. The average molecular weight is 326 g/mol. The lowest BCUT2D eigenvalue weighted by Crippen LogP contribution is -2.42. The molecular weight excluding hydrogens is 304 g/mol. The number of hydrogen-bond donors (Lipinski definition) is 1. The lowest BCUT2D eigenvalue weighted by atomic mass is 10.1. The number of para-hydroxylation sites is 1. The summed E-state index contributed by atoms with van der Waals surface area (Å²) in [7, 11) is 0. The van der Waals surface area contributed by atoms with Crippen molar-refractivity contribution in [3.05, 3.63) is 60.2 Å². The molecule has 1 fully saturated rings. The Kier molecular flexibility index (Phi) is 5.36. The van der Waals surface area contributed by atoms with E-state index in [1.165, 1.54) is 0 Å². The van der Waals surface area contributed by atoms with Gasteiger partial charge < -0.3 is 10.2 Å². The minimum atomic E-state index is 0.0986. The van der Waals surface area contributed by atoms with E-state index in [1.54, 1.807) is 11.8 Å². The number of anilines is 1. The quantitative estimate of drug-likeness (QED) is 0.848. The van der Waals surface area contributed by atoms with E-state index < -0.39 is 0 Å². The van der Waals surface area contributed by atoms with Gasteiger partial charge in [0.25, 0.3) is 5.91 Å². The third kappa shape index (κ3) is 3.59. The molecule has 0 aliphatic carbocycles. The van der Waals surface area contributed by atoms with Crippen LogP contribution in [0.25, 0.3) is 0 Å². The summed E-state index contributed by atoms with van der Waals surface area (Å²) in [6, 6.07) is 18.1. The van der Waals surface area contributed by atoms with E-state index in [4.69, 9.17) is 0 Å². The van der Waals surface area contributed by atoms with Crippen molar-refractivity contribution in [1.29, 1.82) is 0 Å². The van der Waals surface area contributed by atoms with Gasteiger partial charge in [-0.25, -0.2) is 0 Å². The highest BCUT2D eigenvalue weighted by Crippen LogP contribution is 2.28. The molecule has 4 heteroatoms. The number of thioether (sulfide) groups is 1. The first-order chi connectivity index (χ1) is 11.3. The molecule has 1 atom stereocenters. The maximum atomic E-state index is 13.3. The summed E-state index contributed by atoms with van der Waals surface area (Å²) < 4.78 is 0. The van der Waals surface area contributed by atoms with E-state index in [0.717, 1.165) is 41.4 Å². The van der Waals surface area contributed by atoms with Crippen LogP contribution >= 0.6 is 11.8 Å². The standard InChI is InChI=1S/C19H22N2OS/c1-2-23-18-11-7-6-10-17(18)19(22)21(16-12-13-20-14-16)15-8-4-3-5-9-15/h3-11,16,20H,2,12-14H2,1H3. The second-order valence-electron chi connectivity index (χ2n) is 5.59. The normalized spacial score (nSPS) is 17.2. The van der Waals surface area contributed by atoms with Gasteiger partial charge in [-0.1, -0.05) is 37.3 Å². The van der Waals surface area contributed by atoms with Gasteiger partial charge in [0.05, 0.1) is 11.6 Å². The third-order valence-corrected chi connectivity index (χ3v) is 5.03. The van der Waals surface area contributed by atoms with Gasteiger partial charge in [0, 0.05) is 17.1 Å². The molecule has 0 aromatic heterocycles. The minimum Gasteiger partial charge on any atom is -0.315 e. The van der Waals surface area contributed by atoms with Gasteiger partial charge in [-0.15, -0.1) is 11.8 Å². The Balaban J connectivity index is 1.98. The van der Waals surface area contributed by atoms with Crippen LogP contribution in [0.1, 0.15) is 23.7 Å². The molecule has 0 radical (unpaired) electrons. The number of nitrogens with zero attached hydrogens (tertiary/aromatic N) is 1. The summed E-state index contributed by atoms with van der Waals surface area (Å²) in [6.45, 7) is 3.93. The Morgan fingerprint density at radius 1 is 1.17 bits per heavy atom. The molecule has 1 aliphatic rings. The minimum absolute atomic E-state index is 0.0986. The highest BCUT2D eigenvalue weighted by atomic mass is 32.2. The van der Waals surface area contributed by atoms with Crippen molar-refractivity contribution < 1.29 is 4.79 Å². The van der Waals surface area contributed by atoms with Gasteiger partial charge in [0.15, 0.2) is 0 Å². The fourth-order valence-electron chi connectivity index (χ4n) is 3.00. The number of carbonyl (C=O) groups is 1. The number of hydrogen-bond acceptors (Lipinski definition) is 3. The summed E-state index contributed by atoms with van der Waals surface area (Å²) in [6.07, 6.45) is 0.990. The number of nitrogens with one attached hydrogen (secondary N) is 1. The molecule has 120 valence electrons. The van der Waals surface area contributed by atoms with Gasteiger partial charge >= 0.3 is 0 Å². The SMILES string of the molecule is CCSc1ccccc1C(=O)N(c1ccccc1)C1CCNC1.